The number of halogens is 7. The van der Waals surface area contributed by atoms with Gasteiger partial charge in [-0.1, -0.05) is 17.7 Å². The molecule has 1 atom stereocenters. The van der Waals surface area contributed by atoms with Gasteiger partial charge in [0.05, 0.1) is 5.02 Å². The van der Waals surface area contributed by atoms with Gasteiger partial charge in [0.25, 0.3) is 0 Å². The maximum absolute atomic E-state index is 12.3. The van der Waals surface area contributed by atoms with Crippen molar-refractivity contribution >= 4 is 11.6 Å². The van der Waals surface area contributed by atoms with Crippen LogP contribution in [0.2, 0.25) is 5.02 Å². The topological polar surface area (TPSA) is 35.2 Å². The minimum Gasteiger partial charge on any atom is -0.404 e. The van der Waals surface area contributed by atoms with Gasteiger partial charge in [-0.15, -0.1) is 13.2 Å². The first-order valence-electron chi connectivity index (χ1n) is 4.38. The lowest BCUT2D eigenvalue weighted by Gasteiger charge is -2.17. The fourth-order valence-electron chi connectivity index (χ4n) is 1.11. The van der Waals surface area contributed by atoms with E-state index in [1.165, 1.54) is 0 Å². The SMILES string of the molecule is N[C@@H](c1ccc(Cl)c(OC(F)(F)F)c1)C(F)(F)F. The van der Waals surface area contributed by atoms with E-state index in [0.29, 0.717) is 6.07 Å². The van der Waals surface area contributed by atoms with Gasteiger partial charge in [-0.3, -0.25) is 0 Å². The molecule has 0 aliphatic rings. The van der Waals surface area contributed by atoms with Crippen LogP contribution in [0, 0.1) is 0 Å². The summed E-state index contributed by atoms with van der Waals surface area (Å²) in [5.74, 6) is -0.929. The zero-order valence-corrected chi connectivity index (χ0v) is 9.20. The van der Waals surface area contributed by atoms with Gasteiger partial charge in [0, 0.05) is 0 Å². The number of nitrogens with two attached hydrogens (primary N) is 1. The van der Waals surface area contributed by atoms with E-state index in [-0.39, 0.29) is 0 Å². The number of hydrogen-bond donors (Lipinski definition) is 1. The molecule has 2 N–H and O–H groups in total. The predicted octanol–water partition coefficient (Wildman–Crippen LogP) is 3.80. The second kappa shape index (κ2) is 4.85. The molecule has 0 unspecified atom stereocenters. The third-order valence-corrected chi connectivity index (χ3v) is 2.20. The average Bonchev–Trinajstić information content (AvgIpc) is 2.17. The molecule has 1 aromatic rings. The molecule has 1 aromatic carbocycles. The molecule has 1 rings (SSSR count). The van der Waals surface area contributed by atoms with Gasteiger partial charge in [-0.2, -0.15) is 13.2 Å². The minimum absolute atomic E-state index is 0.467. The summed E-state index contributed by atoms with van der Waals surface area (Å²) in [7, 11) is 0. The Morgan fingerprint density at radius 2 is 1.67 bits per heavy atom. The van der Waals surface area contributed by atoms with Gasteiger partial charge in [0.2, 0.25) is 0 Å². The molecule has 0 fully saturated rings. The molecule has 0 spiro atoms. The molecule has 0 amide bonds. The first kappa shape index (κ1) is 14.9. The Kier molecular flexibility index (Phi) is 4.02. The summed E-state index contributed by atoms with van der Waals surface area (Å²) in [4.78, 5) is 0. The molecule has 18 heavy (non-hydrogen) atoms. The van der Waals surface area contributed by atoms with Crippen molar-refractivity contribution in [3.63, 3.8) is 0 Å². The monoisotopic (exact) mass is 293 g/mol. The average molecular weight is 294 g/mol. The molecular weight excluding hydrogens is 288 g/mol. The Morgan fingerprint density at radius 1 is 1.11 bits per heavy atom. The predicted molar refractivity (Wildman–Crippen MR) is 51.1 cm³/mol. The van der Waals surface area contributed by atoms with E-state index in [9.17, 15) is 26.3 Å². The van der Waals surface area contributed by atoms with Crippen molar-refractivity contribution in [2.75, 3.05) is 0 Å². The lowest BCUT2D eigenvalue weighted by molar-refractivity contribution is -0.274. The highest BCUT2D eigenvalue weighted by atomic mass is 35.5. The maximum atomic E-state index is 12.3. The van der Waals surface area contributed by atoms with Gasteiger partial charge in [-0.05, 0) is 17.7 Å². The van der Waals surface area contributed by atoms with E-state index in [1.54, 1.807) is 0 Å². The normalized spacial score (nSPS) is 14.4. The third-order valence-electron chi connectivity index (χ3n) is 1.89. The summed E-state index contributed by atoms with van der Waals surface area (Å²) in [6.07, 6.45) is -9.83. The van der Waals surface area contributed by atoms with Crippen molar-refractivity contribution in [1.29, 1.82) is 0 Å². The fraction of sp³-hybridized carbons (Fsp3) is 0.333. The second-order valence-electron chi connectivity index (χ2n) is 3.26. The zero-order valence-electron chi connectivity index (χ0n) is 8.44. The van der Waals surface area contributed by atoms with E-state index < -0.39 is 34.9 Å². The Balaban J connectivity index is 3.08. The summed E-state index contributed by atoms with van der Waals surface area (Å²) < 4.78 is 76.2. The van der Waals surface area contributed by atoms with Crippen LogP contribution in [-0.2, 0) is 0 Å². The van der Waals surface area contributed by atoms with Crippen LogP contribution in [0.1, 0.15) is 11.6 Å². The number of benzene rings is 1. The Hall–Kier alpha value is -1.15. The number of rotatable bonds is 2. The summed E-state index contributed by atoms with van der Waals surface area (Å²) in [6, 6.07) is -0.174. The van der Waals surface area contributed by atoms with E-state index in [0.717, 1.165) is 12.1 Å². The molecule has 0 bridgehead atoms. The standard InChI is InChI=1S/C9H6ClF6NO/c10-5-2-1-4(7(17)8(11,12)13)3-6(5)18-9(14,15)16/h1-3,7H,17H2/t7-/m0/s1. The molecule has 0 saturated carbocycles. The van der Waals surface area contributed by atoms with Crippen molar-refractivity contribution in [1.82, 2.24) is 0 Å². The number of alkyl halides is 6. The maximum Gasteiger partial charge on any atom is 0.573 e. The van der Waals surface area contributed by atoms with Crippen LogP contribution in [0.3, 0.4) is 0 Å². The van der Waals surface area contributed by atoms with Crippen LogP contribution in [0.4, 0.5) is 26.3 Å². The van der Waals surface area contributed by atoms with Crippen molar-refractivity contribution in [2.24, 2.45) is 5.73 Å². The van der Waals surface area contributed by atoms with Crippen molar-refractivity contribution < 1.29 is 31.1 Å². The third kappa shape index (κ3) is 3.95. The molecule has 0 aromatic heterocycles. The van der Waals surface area contributed by atoms with E-state index in [4.69, 9.17) is 17.3 Å². The smallest absolute Gasteiger partial charge is 0.404 e. The molecule has 9 heteroatoms. The second-order valence-corrected chi connectivity index (χ2v) is 3.66. The highest BCUT2D eigenvalue weighted by Gasteiger charge is 2.39. The molecule has 0 aliphatic carbocycles. The molecule has 0 heterocycles. The van der Waals surface area contributed by atoms with Gasteiger partial charge in [0.1, 0.15) is 11.8 Å². The van der Waals surface area contributed by atoms with Gasteiger partial charge < -0.3 is 10.5 Å². The summed E-state index contributed by atoms with van der Waals surface area (Å²) in [6.45, 7) is 0. The quantitative estimate of drug-likeness (QED) is 0.842. The summed E-state index contributed by atoms with van der Waals surface area (Å²) in [5.41, 5.74) is 4.27. The molecule has 0 radical (unpaired) electrons. The number of ether oxygens (including phenoxy) is 1. The Labute approximate surface area is 102 Å². The largest absolute Gasteiger partial charge is 0.573 e. The van der Waals surface area contributed by atoms with Gasteiger partial charge >= 0.3 is 12.5 Å². The van der Waals surface area contributed by atoms with Crippen LogP contribution < -0.4 is 10.5 Å². The van der Waals surface area contributed by atoms with Crippen molar-refractivity contribution in [3.05, 3.63) is 28.8 Å². The van der Waals surface area contributed by atoms with E-state index >= 15 is 0 Å². The highest BCUT2D eigenvalue weighted by molar-refractivity contribution is 6.32. The van der Waals surface area contributed by atoms with Crippen LogP contribution in [-0.4, -0.2) is 12.5 Å². The highest BCUT2D eigenvalue weighted by Crippen LogP contribution is 2.36. The Morgan fingerprint density at radius 3 is 2.11 bits per heavy atom. The van der Waals surface area contributed by atoms with Gasteiger partial charge in [-0.25, -0.2) is 0 Å². The fourth-order valence-corrected chi connectivity index (χ4v) is 1.26. The lowest BCUT2D eigenvalue weighted by atomic mass is 10.1. The minimum atomic E-state index is -5.05. The van der Waals surface area contributed by atoms with E-state index in [2.05, 4.69) is 4.74 Å². The summed E-state index contributed by atoms with van der Waals surface area (Å²) in [5, 5.41) is -0.467. The summed E-state index contributed by atoms with van der Waals surface area (Å²) >= 11 is 5.37. The first-order chi connectivity index (χ1) is 8.00. The van der Waals surface area contributed by atoms with Crippen LogP contribution in [0.25, 0.3) is 0 Å². The van der Waals surface area contributed by atoms with E-state index in [1.807, 2.05) is 0 Å². The van der Waals surface area contributed by atoms with Crippen LogP contribution in [0.15, 0.2) is 18.2 Å². The van der Waals surface area contributed by atoms with Crippen LogP contribution >= 0.6 is 11.6 Å². The Bertz CT molecular complexity index is 430. The molecule has 0 aliphatic heterocycles. The molecular formula is C9H6ClF6NO. The molecule has 0 saturated heterocycles. The molecule has 2 nitrogen and oxygen atoms in total. The van der Waals surface area contributed by atoms with Gasteiger partial charge in [0.15, 0.2) is 0 Å². The zero-order chi connectivity index (χ0) is 14.1. The van der Waals surface area contributed by atoms with Crippen molar-refractivity contribution in [2.45, 2.75) is 18.6 Å². The van der Waals surface area contributed by atoms with Crippen LogP contribution in [0.5, 0.6) is 5.75 Å². The van der Waals surface area contributed by atoms with Crippen molar-refractivity contribution in [3.8, 4) is 5.75 Å². The lowest BCUT2D eigenvalue weighted by Crippen LogP contribution is -2.28. The first-order valence-corrected chi connectivity index (χ1v) is 4.76. The number of hydrogen-bond acceptors (Lipinski definition) is 2. The molecule has 102 valence electrons.